The minimum Gasteiger partial charge on any atom is -0.386 e. The quantitative estimate of drug-likeness (QED) is 0.755. The van der Waals surface area contributed by atoms with Gasteiger partial charge in [0.2, 0.25) is 0 Å². The maximum atomic E-state index is 4.38. The standard InChI is InChI=1S/C12H13N3/c1-3-14-12-9-5-4-8-15-10(9)6-7-11(12)13-2/h3-8,13H,1-2H3/b14-3+. The molecule has 1 aromatic carbocycles. The van der Waals surface area contributed by atoms with Crippen LogP contribution in [0.25, 0.3) is 10.9 Å². The lowest BCUT2D eigenvalue weighted by Crippen LogP contribution is -1.89. The van der Waals surface area contributed by atoms with Gasteiger partial charge in [-0.3, -0.25) is 9.98 Å². The van der Waals surface area contributed by atoms with E-state index in [1.807, 2.05) is 38.2 Å². The van der Waals surface area contributed by atoms with Crippen molar-refractivity contribution in [2.45, 2.75) is 6.92 Å². The second-order valence-corrected chi connectivity index (χ2v) is 3.17. The highest BCUT2D eigenvalue weighted by atomic mass is 14.9. The minimum absolute atomic E-state index is 0.950. The van der Waals surface area contributed by atoms with Gasteiger partial charge in [-0.1, -0.05) is 0 Å². The number of nitrogens with zero attached hydrogens (tertiary/aromatic N) is 2. The molecule has 0 aliphatic heterocycles. The lowest BCUT2D eigenvalue weighted by Gasteiger charge is -2.07. The molecule has 1 heterocycles. The molecule has 0 saturated heterocycles. The van der Waals surface area contributed by atoms with Crippen LogP contribution in [0.1, 0.15) is 6.92 Å². The molecule has 15 heavy (non-hydrogen) atoms. The second kappa shape index (κ2) is 4.09. The molecular weight excluding hydrogens is 186 g/mol. The van der Waals surface area contributed by atoms with Crippen molar-refractivity contribution in [1.29, 1.82) is 0 Å². The number of pyridine rings is 1. The summed E-state index contributed by atoms with van der Waals surface area (Å²) in [5, 5.41) is 4.20. The van der Waals surface area contributed by atoms with Gasteiger partial charge in [0.1, 0.15) is 0 Å². The van der Waals surface area contributed by atoms with Crippen LogP contribution in [-0.2, 0) is 0 Å². The molecule has 2 rings (SSSR count). The molecule has 76 valence electrons. The predicted octanol–water partition coefficient (Wildman–Crippen LogP) is 3.00. The zero-order valence-electron chi connectivity index (χ0n) is 8.86. The number of benzene rings is 1. The Balaban J connectivity index is 2.78. The van der Waals surface area contributed by atoms with Crippen LogP contribution in [0.4, 0.5) is 11.4 Å². The highest BCUT2D eigenvalue weighted by Gasteiger charge is 2.04. The van der Waals surface area contributed by atoms with E-state index in [1.54, 1.807) is 12.4 Å². The number of rotatable bonds is 2. The van der Waals surface area contributed by atoms with Crippen molar-refractivity contribution in [2.24, 2.45) is 4.99 Å². The normalized spacial score (nSPS) is 11.1. The Morgan fingerprint density at radius 1 is 1.33 bits per heavy atom. The van der Waals surface area contributed by atoms with Crippen LogP contribution < -0.4 is 5.32 Å². The molecule has 0 aliphatic carbocycles. The highest BCUT2D eigenvalue weighted by Crippen LogP contribution is 2.32. The van der Waals surface area contributed by atoms with Gasteiger partial charge in [-0.25, -0.2) is 0 Å². The number of nitrogens with one attached hydrogen (secondary N) is 1. The lowest BCUT2D eigenvalue weighted by molar-refractivity contribution is 1.39. The highest BCUT2D eigenvalue weighted by molar-refractivity contribution is 5.97. The zero-order valence-corrected chi connectivity index (χ0v) is 8.86. The van der Waals surface area contributed by atoms with E-state index >= 15 is 0 Å². The Labute approximate surface area is 88.9 Å². The van der Waals surface area contributed by atoms with E-state index in [0.717, 1.165) is 22.3 Å². The largest absolute Gasteiger partial charge is 0.386 e. The maximum Gasteiger partial charge on any atom is 0.0950 e. The smallest absolute Gasteiger partial charge is 0.0950 e. The molecule has 0 atom stereocenters. The Morgan fingerprint density at radius 2 is 2.20 bits per heavy atom. The van der Waals surface area contributed by atoms with Crippen molar-refractivity contribution >= 4 is 28.5 Å². The first-order valence-electron chi connectivity index (χ1n) is 4.91. The topological polar surface area (TPSA) is 37.3 Å². The van der Waals surface area contributed by atoms with Crippen LogP contribution in [0.3, 0.4) is 0 Å². The molecule has 3 heteroatoms. The number of fused-ring (bicyclic) bond motifs is 1. The molecule has 3 nitrogen and oxygen atoms in total. The van der Waals surface area contributed by atoms with Gasteiger partial charge in [-0.05, 0) is 31.2 Å². The predicted molar refractivity (Wildman–Crippen MR) is 65.1 cm³/mol. The molecule has 1 aromatic heterocycles. The first kappa shape index (κ1) is 9.65. The van der Waals surface area contributed by atoms with E-state index in [2.05, 4.69) is 15.3 Å². The van der Waals surface area contributed by atoms with Gasteiger partial charge in [-0.15, -0.1) is 0 Å². The lowest BCUT2D eigenvalue weighted by atomic mass is 10.1. The summed E-state index contributed by atoms with van der Waals surface area (Å²) in [5.41, 5.74) is 2.94. The van der Waals surface area contributed by atoms with Gasteiger partial charge < -0.3 is 5.32 Å². The molecule has 2 aromatic rings. The molecule has 0 spiro atoms. The average molecular weight is 199 g/mol. The fourth-order valence-corrected chi connectivity index (χ4v) is 1.61. The van der Waals surface area contributed by atoms with Gasteiger partial charge >= 0.3 is 0 Å². The van der Waals surface area contributed by atoms with Crippen LogP contribution >= 0.6 is 0 Å². The molecule has 0 saturated carbocycles. The average Bonchev–Trinajstić information content (AvgIpc) is 2.30. The van der Waals surface area contributed by atoms with Gasteiger partial charge in [0.15, 0.2) is 0 Å². The SMILES string of the molecule is C/C=N/c1c(NC)ccc2ncccc12. The molecule has 1 N–H and O–H groups in total. The van der Waals surface area contributed by atoms with Crippen LogP contribution in [0, 0.1) is 0 Å². The van der Waals surface area contributed by atoms with Crippen LogP contribution in [-0.4, -0.2) is 18.2 Å². The molecular formula is C12H13N3. The van der Waals surface area contributed by atoms with Gasteiger partial charge in [0, 0.05) is 24.8 Å². The van der Waals surface area contributed by atoms with Crippen LogP contribution in [0.5, 0.6) is 0 Å². The maximum absolute atomic E-state index is 4.38. The molecule has 0 aliphatic rings. The van der Waals surface area contributed by atoms with Crippen LogP contribution in [0.2, 0.25) is 0 Å². The summed E-state index contributed by atoms with van der Waals surface area (Å²) < 4.78 is 0. The summed E-state index contributed by atoms with van der Waals surface area (Å²) in [6, 6.07) is 7.95. The molecule has 0 unspecified atom stereocenters. The fourth-order valence-electron chi connectivity index (χ4n) is 1.61. The third-order valence-corrected chi connectivity index (χ3v) is 2.28. The van der Waals surface area contributed by atoms with Crippen molar-refractivity contribution in [3.8, 4) is 0 Å². The van der Waals surface area contributed by atoms with E-state index in [0.29, 0.717) is 0 Å². The Kier molecular flexibility index (Phi) is 2.63. The first-order chi connectivity index (χ1) is 7.36. The Hall–Kier alpha value is -1.90. The number of hydrogen-bond acceptors (Lipinski definition) is 3. The third kappa shape index (κ3) is 1.68. The van der Waals surface area contributed by atoms with Crippen LogP contribution in [0.15, 0.2) is 35.5 Å². The van der Waals surface area contributed by atoms with Crippen molar-refractivity contribution in [1.82, 2.24) is 4.98 Å². The summed E-state index contributed by atoms with van der Waals surface area (Å²) in [6.45, 7) is 1.91. The second-order valence-electron chi connectivity index (χ2n) is 3.17. The Bertz CT molecular complexity index is 503. The van der Waals surface area contributed by atoms with Gasteiger partial charge in [0.25, 0.3) is 0 Å². The Morgan fingerprint density at radius 3 is 2.93 bits per heavy atom. The molecule has 0 amide bonds. The summed E-state index contributed by atoms with van der Waals surface area (Å²) >= 11 is 0. The zero-order chi connectivity index (χ0) is 10.7. The number of anilines is 1. The summed E-state index contributed by atoms with van der Waals surface area (Å²) in [7, 11) is 1.90. The summed E-state index contributed by atoms with van der Waals surface area (Å²) in [4.78, 5) is 8.68. The van der Waals surface area contributed by atoms with E-state index in [9.17, 15) is 0 Å². The van der Waals surface area contributed by atoms with Crippen molar-refractivity contribution < 1.29 is 0 Å². The van der Waals surface area contributed by atoms with Gasteiger partial charge in [-0.2, -0.15) is 0 Å². The number of hydrogen-bond donors (Lipinski definition) is 1. The summed E-state index contributed by atoms with van der Waals surface area (Å²) in [6.07, 6.45) is 3.59. The third-order valence-electron chi connectivity index (χ3n) is 2.28. The molecule has 0 fully saturated rings. The number of aromatic nitrogens is 1. The van der Waals surface area contributed by atoms with Gasteiger partial charge in [0.05, 0.1) is 16.9 Å². The molecule has 0 radical (unpaired) electrons. The van der Waals surface area contributed by atoms with E-state index < -0.39 is 0 Å². The first-order valence-corrected chi connectivity index (χ1v) is 4.91. The van der Waals surface area contributed by atoms with E-state index in [4.69, 9.17) is 0 Å². The number of aliphatic imine (C=N–C) groups is 1. The van der Waals surface area contributed by atoms with E-state index in [1.165, 1.54) is 0 Å². The van der Waals surface area contributed by atoms with E-state index in [-0.39, 0.29) is 0 Å². The fraction of sp³-hybridized carbons (Fsp3) is 0.167. The van der Waals surface area contributed by atoms with Crippen molar-refractivity contribution in [2.75, 3.05) is 12.4 Å². The minimum atomic E-state index is 0.950. The molecule has 0 bridgehead atoms. The van der Waals surface area contributed by atoms with Crippen molar-refractivity contribution in [3.63, 3.8) is 0 Å². The summed E-state index contributed by atoms with van der Waals surface area (Å²) in [5.74, 6) is 0. The van der Waals surface area contributed by atoms with Crippen molar-refractivity contribution in [3.05, 3.63) is 30.5 Å². The monoisotopic (exact) mass is 199 g/mol.